The van der Waals surface area contributed by atoms with Crippen LogP contribution in [0.15, 0.2) is 47.4 Å². The molecular formula is C23H29N3O5S. The summed E-state index contributed by atoms with van der Waals surface area (Å²) < 4.78 is 33.1. The Morgan fingerprint density at radius 2 is 1.66 bits per heavy atom. The Balaban J connectivity index is 1.42. The van der Waals surface area contributed by atoms with E-state index in [0.717, 1.165) is 10.8 Å². The minimum atomic E-state index is -3.68. The highest BCUT2D eigenvalue weighted by Gasteiger charge is 2.36. The van der Waals surface area contributed by atoms with Gasteiger partial charge in [0.2, 0.25) is 15.9 Å². The number of hydrogen-bond donors (Lipinski definition) is 0. The molecule has 2 amide bonds. The molecule has 0 aromatic heterocycles. The van der Waals surface area contributed by atoms with Gasteiger partial charge >= 0.3 is 6.09 Å². The first-order valence-corrected chi connectivity index (χ1v) is 12.5. The molecule has 8 nitrogen and oxygen atoms in total. The lowest BCUT2D eigenvalue weighted by molar-refractivity contribution is -0.138. The van der Waals surface area contributed by atoms with Gasteiger partial charge in [-0.05, 0) is 42.7 Å². The van der Waals surface area contributed by atoms with Gasteiger partial charge in [0.1, 0.15) is 0 Å². The quantitative estimate of drug-likeness (QED) is 0.701. The average molecular weight is 460 g/mol. The number of piperazine rings is 1. The molecular weight excluding hydrogens is 430 g/mol. The average Bonchev–Trinajstić information content (AvgIpc) is 2.83. The van der Waals surface area contributed by atoms with Crippen molar-refractivity contribution in [2.24, 2.45) is 5.92 Å². The van der Waals surface area contributed by atoms with Crippen molar-refractivity contribution in [3.63, 3.8) is 0 Å². The number of rotatable bonds is 4. The maximum atomic E-state index is 13.3. The first-order chi connectivity index (χ1) is 15.4. The van der Waals surface area contributed by atoms with E-state index in [9.17, 15) is 18.0 Å². The lowest BCUT2D eigenvalue weighted by Crippen LogP contribution is -2.54. The highest BCUT2D eigenvalue weighted by Crippen LogP contribution is 2.27. The van der Waals surface area contributed by atoms with Gasteiger partial charge in [-0.25, -0.2) is 13.2 Å². The van der Waals surface area contributed by atoms with Crippen molar-refractivity contribution < 1.29 is 22.7 Å². The molecule has 0 bridgehead atoms. The van der Waals surface area contributed by atoms with E-state index >= 15 is 0 Å². The first-order valence-electron chi connectivity index (χ1n) is 11.1. The highest BCUT2D eigenvalue weighted by molar-refractivity contribution is 7.89. The number of sulfonamides is 1. The molecule has 2 aliphatic rings. The summed E-state index contributed by atoms with van der Waals surface area (Å²) >= 11 is 0. The number of nitrogens with zero attached hydrogens (tertiary/aromatic N) is 3. The van der Waals surface area contributed by atoms with E-state index in [0.29, 0.717) is 52.2 Å². The molecule has 0 N–H and O–H groups in total. The third kappa shape index (κ3) is 4.59. The molecule has 4 rings (SSSR count). The van der Waals surface area contributed by atoms with Gasteiger partial charge in [-0.3, -0.25) is 4.79 Å². The molecule has 0 spiro atoms. The second-order valence-electron chi connectivity index (χ2n) is 8.22. The minimum absolute atomic E-state index is 0.0353. The van der Waals surface area contributed by atoms with Crippen molar-refractivity contribution in [2.75, 3.05) is 45.9 Å². The SMILES string of the molecule is CCOC(=O)N1CCN(C(=O)[C@H]2CCCN(S(=O)(=O)c3ccc4ccccc4c3)C2)CC1. The third-order valence-corrected chi connectivity index (χ3v) is 8.07. The molecule has 0 saturated carbocycles. The van der Waals surface area contributed by atoms with Gasteiger partial charge in [0.15, 0.2) is 0 Å². The molecule has 2 heterocycles. The van der Waals surface area contributed by atoms with Crippen molar-refractivity contribution in [2.45, 2.75) is 24.7 Å². The Kier molecular flexibility index (Phi) is 6.66. The molecule has 0 unspecified atom stereocenters. The number of hydrogen-bond acceptors (Lipinski definition) is 5. The maximum Gasteiger partial charge on any atom is 0.409 e. The van der Waals surface area contributed by atoms with E-state index in [2.05, 4.69) is 0 Å². The second-order valence-corrected chi connectivity index (χ2v) is 10.2. The Morgan fingerprint density at radius 1 is 0.969 bits per heavy atom. The van der Waals surface area contributed by atoms with Crippen LogP contribution in [0.4, 0.5) is 4.79 Å². The lowest BCUT2D eigenvalue weighted by Gasteiger charge is -2.38. The van der Waals surface area contributed by atoms with Crippen LogP contribution in [0.5, 0.6) is 0 Å². The van der Waals surface area contributed by atoms with Gasteiger partial charge < -0.3 is 14.5 Å². The molecule has 1 atom stereocenters. The van der Waals surface area contributed by atoms with Crippen LogP contribution in [-0.2, 0) is 19.6 Å². The molecule has 2 saturated heterocycles. The van der Waals surface area contributed by atoms with Crippen LogP contribution in [-0.4, -0.2) is 80.4 Å². The normalized spacial score (nSPS) is 20.3. The first kappa shape index (κ1) is 22.5. The molecule has 2 fully saturated rings. The number of piperidine rings is 1. The fraction of sp³-hybridized carbons (Fsp3) is 0.478. The summed E-state index contributed by atoms with van der Waals surface area (Å²) in [4.78, 5) is 28.6. The van der Waals surface area contributed by atoms with Crippen molar-refractivity contribution in [3.05, 3.63) is 42.5 Å². The number of benzene rings is 2. The number of amides is 2. The Labute approximate surface area is 188 Å². The molecule has 9 heteroatoms. The van der Waals surface area contributed by atoms with Crippen LogP contribution in [0.3, 0.4) is 0 Å². The van der Waals surface area contributed by atoms with Gasteiger partial charge in [0, 0.05) is 39.3 Å². The summed E-state index contributed by atoms with van der Waals surface area (Å²) in [5.41, 5.74) is 0. The summed E-state index contributed by atoms with van der Waals surface area (Å²) in [6, 6.07) is 12.8. The molecule has 2 aliphatic heterocycles. The van der Waals surface area contributed by atoms with Gasteiger partial charge in [-0.2, -0.15) is 4.31 Å². The largest absolute Gasteiger partial charge is 0.450 e. The summed E-state index contributed by atoms with van der Waals surface area (Å²) in [5, 5.41) is 1.86. The molecule has 0 aliphatic carbocycles. The van der Waals surface area contributed by atoms with Crippen molar-refractivity contribution in [1.82, 2.24) is 14.1 Å². The standard InChI is InChI=1S/C23H29N3O5S/c1-2-31-23(28)25-14-12-24(13-15-25)22(27)20-8-5-11-26(17-20)32(29,30)21-10-9-18-6-3-4-7-19(18)16-21/h3-4,6-7,9-10,16,20H,2,5,8,11-15,17H2,1H3/t20-/m0/s1. The number of carbonyl (C=O) groups excluding carboxylic acids is 2. The fourth-order valence-electron chi connectivity index (χ4n) is 4.42. The molecule has 0 radical (unpaired) electrons. The lowest BCUT2D eigenvalue weighted by atomic mass is 9.98. The summed E-state index contributed by atoms with van der Waals surface area (Å²) in [6.07, 6.45) is 0.956. The van der Waals surface area contributed by atoms with Gasteiger partial charge in [-0.1, -0.05) is 30.3 Å². The summed E-state index contributed by atoms with van der Waals surface area (Å²) in [7, 11) is -3.68. The molecule has 32 heavy (non-hydrogen) atoms. The van der Waals surface area contributed by atoms with Crippen molar-refractivity contribution in [1.29, 1.82) is 0 Å². The van der Waals surface area contributed by atoms with E-state index in [4.69, 9.17) is 4.74 Å². The van der Waals surface area contributed by atoms with Gasteiger partial charge in [0.05, 0.1) is 17.4 Å². The van der Waals surface area contributed by atoms with E-state index in [1.54, 1.807) is 28.9 Å². The Bertz CT molecular complexity index is 1100. The highest BCUT2D eigenvalue weighted by atomic mass is 32.2. The van der Waals surface area contributed by atoms with Crippen molar-refractivity contribution in [3.8, 4) is 0 Å². The number of carbonyl (C=O) groups is 2. The van der Waals surface area contributed by atoms with Crippen LogP contribution in [0.2, 0.25) is 0 Å². The fourth-order valence-corrected chi connectivity index (χ4v) is 5.98. The zero-order valence-electron chi connectivity index (χ0n) is 18.3. The minimum Gasteiger partial charge on any atom is -0.450 e. The van der Waals surface area contributed by atoms with Crippen LogP contribution >= 0.6 is 0 Å². The molecule has 172 valence electrons. The Hall–Kier alpha value is -2.65. The van der Waals surface area contributed by atoms with Crippen LogP contribution in [0.1, 0.15) is 19.8 Å². The summed E-state index contributed by atoms with van der Waals surface area (Å²) in [6.45, 7) is 4.41. The number of ether oxygens (including phenoxy) is 1. The van der Waals surface area contributed by atoms with E-state index in [1.807, 2.05) is 30.3 Å². The van der Waals surface area contributed by atoms with Crippen LogP contribution in [0.25, 0.3) is 10.8 Å². The Morgan fingerprint density at radius 3 is 2.38 bits per heavy atom. The monoisotopic (exact) mass is 459 g/mol. The van der Waals surface area contributed by atoms with Gasteiger partial charge in [0.25, 0.3) is 0 Å². The third-order valence-electron chi connectivity index (χ3n) is 6.21. The van der Waals surface area contributed by atoms with E-state index < -0.39 is 10.0 Å². The number of fused-ring (bicyclic) bond motifs is 1. The predicted molar refractivity (Wildman–Crippen MR) is 121 cm³/mol. The molecule has 2 aromatic rings. The second kappa shape index (κ2) is 9.46. The van der Waals surface area contributed by atoms with E-state index in [-0.39, 0.29) is 29.4 Å². The van der Waals surface area contributed by atoms with Crippen LogP contribution in [0, 0.1) is 5.92 Å². The summed E-state index contributed by atoms with van der Waals surface area (Å²) in [5.74, 6) is -0.403. The van der Waals surface area contributed by atoms with E-state index in [1.165, 1.54) is 4.31 Å². The smallest absolute Gasteiger partial charge is 0.409 e. The molecule has 2 aromatic carbocycles. The zero-order chi connectivity index (χ0) is 22.7. The predicted octanol–water partition coefficient (Wildman–Crippen LogP) is 2.54. The van der Waals surface area contributed by atoms with Gasteiger partial charge in [-0.15, -0.1) is 0 Å². The topological polar surface area (TPSA) is 87.2 Å². The van der Waals surface area contributed by atoms with Crippen LogP contribution < -0.4 is 0 Å². The zero-order valence-corrected chi connectivity index (χ0v) is 19.1. The van der Waals surface area contributed by atoms with Crippen molar-refractivity contribution >= 4 is 32.8 Å². The maximum absolute atomic E-state index is 13.3.